The Balaban J connectivity index is 1.33. The number of hydrogen-bond donors (Lipinski definition) is 0. The maximum atomic E-state index is 6.52. The van der Waals surface area contributed by atoms with Gasteiger partial charge < -0.3 is 9.64 Å². The molecule has 0 bridgehead atoms. The molecule has 0 radical (unpaired) electrons. The van der Waals surface area contributed by atoms with E-state index in [1.807, 2.05) is 28.6 Å². The first-order chi connectivity index (χ1) is 19.9. The number of aliphatic imine (C=N–C) groups is 1. The summed E-state index contributed by atoms with van der Waals surface area (Å²) >= 11 is 3.62. The van der Waals surface area contributed by atoms with Crippen molar-refractivity contribution in [3.05, 3.63) is 63.7 Å². The first kappa shape index (κ1) is 28.1. The zero-order valence-corrected chi connectivity index (χ0v) is 26.2. The number of aryl methyl sites for hydroxylation is 2. The number of fused-ring (bicyclic) bond motifs is 5. The molecule has 6 heterocycles. The van der Waals surface area contributed by atoms with Gasteiger partial charge in [0, 0.05) is 24.2 Å². The highest BCUT2D eigenvalue weighted by Gasteiger charge is 2.45. The van der Waals surface area contributed by atoms with Gasteiger partial charge in [-0.2, -0.15) is 16.6 Å². The summed E-state index contributed by atoms with van der Waals surface area (Å²) in [4.78, 5) is 31.2. The van der Waals surface area contributed by atoms with E-state index in [4.69, 9.17) is 24.5 Å². The van der Waals surface area contributed by atoms with E-state index in [0.29, 0.717) is 12.5 Å². The number of nitrogens with zero attached hydrogens (tertiary/aromatic N) is 8. The van der Waals surface area contributed by atoms with Gasteiger partial charge >= 0.3 is 0 Å². The van der Waals surface area contributed by atoms with Crippen molar-refractivity contribution in [3.63, 3.8) is 0 Å². The Labute approximate surface area is 249 Å². The lowest BCUT2D eigenvalue weighted by Crippen LogP contribution is -2.49. The van der Waals surface area contributed by atoms with Gasteiger partial charge in [0.2, 0.25) is 5.88 Å². The van der Waals surface area contributed by atoms with Gasteiger partial charge in [-0.1, -0.05) is 0 Å². The largest absolute Gasteiger partial charge is 0.422 e. The van der Waals surface area contributed by atoms with Crippen molar-refractivity contribution in [1.29, 1.82) is 0 Å². The van der Waals surface area contributed by atoms with Crippen molar-refractivity contribution in [3.8, 4) is 5.88 Å². The lowest BCUT2D eigenvalue weighted by molar-refractivity contribution is -1.07. The van der Waals surface area contributed by atoms with Crippen molar-refractivity contribution in [2.75, 3.05) is 51.9 Å². The van der Waals surface area contributed by atoms with Crippen LogP contribution in [-0.4, -0.2) is 91.9 Å². The molecule has 0 saturated carbocycles. The average Bonchev–Trinajstić information content (AvgIpc) is 3.62. The Bertz CT molecular complexity index is 1630. The fourth-order valence-electron chi connectivity index (χ4n) is 5.85. The summed E-state index contributed by atoms with van der Waals surface area (Å²) in [7, 11) is 1.72. The number of pyridine rings is 1. The van der Waals surface area contributed by atoms with Gasteiger partial charge in [-0.05, 0) is 68.6 Å². The van der Waals surface area contributed by atoms with E-state index in [1.54, 1.807) is 31.4 Å². The molecule has 0 N–H and O–H groups in total. The highest BCUT2D eigenvalue weighted by molar-refractivity contribution is 8.02. The lowest BCUT2D eigenvalue weighted by Gasteiger charge is -2.39. The molecule has 0 amide bonds. The molecule has 1 atom stereocenters. The molecule has 0 spiro atoms. The monoisotopic (exact) mass is 593 g/mol. The van der Waals surface area contributed by atoms with Gasteiger partial charge in [0.1, 0.15) is 34.6 Å². The molecule has 216 valence electrons. The van der Waals surface area contributed by atoms with Gasteiger partial charge in [0.15, 0.2) is 18.5 Å². The van der Waals surface area contributed by atoms with E-state index in [1.165, 1.54) is 16.0 Å². The van der Waals surface area contributed by atoms with Crippen LogP contribution in [0.1, 0.15) is 31.4 Å². The second kappa shape index (κ2) is 11.3. The SMILES string of the molecule is CCN1CC(C)=C(SC)C2=C1N1C[N+](COc3nc4c(CCCSC)c(C)cnc4n4cncc34)(OC)C=C1C=N2. The van der Waals surface area contributed by atoms with Crippen LogP contribution < -0.4 is 4.74 Å². The van der Waals surface area contributed by atoms with E-state index in [-0.39, 0.29) is 11.4 Å². The van der Waals surface area contributed by atoms with Crippen LogP contribution in [0, 0.1) is 6.92 Å². The highest BCUT2D eigenvalue weighted by atomic mass is 32.2. The summed E-state index contributed by atoms with van der Waals surface area (Å²) in [5.74, 6) is 2.76. The zero-order valence-electron chi connectivity index (χ0n) is 24.5. The number of rotatable bonds is 10. The average molecular weight is 594 g/mol. The summed E-state index contributed by atoms with van der Waals surface area (Å²) in [6.07, 6.45) is 15.8. The summed E-state index contributed by atoms with van der Waals surface area (Å²) < 4.78 is 8.65. The number of likely N-dealkylation sites (N-methyl/N-ethyl adjacent to an activating group) is 1. The minimum Gasteiger partial charge on any atom is -0.422 e. The molecule has 41 heavy (non-hydrogen) atoms. The Morgan fingerprint density at radius 3 is 2.78 bits per heavy atom. The van der Waals surface area contributed by atoms with Crippen molar-refractivity contribution >= 4 is 46.4 Å². The predicted molar refractivity (Wildman–Crippen MR) is 166 cm³/mol. The number of allylic oxidation sites excluding steroid dienone is 1. The number of imidazole rings is 1. The van der Waals surface area contributed by atoms with E-state index in [9.17, 15) is 0 Å². The molecule has 3 aliphatic heterocycles. The third-order valence-electron chi connectivity index (χ3n) is 7.98. The van der Waals surface area contributed by atoms with Crippen molar-refractivity contribution in [1.82, 2.24) is 29.2 Å². The predicted octanol–water partition coefficient (Wildman–Crippen LogP) is 4.94. The molecule has 12 heteroatoms. The maximum Gasteiger partial charge on any atom is 0.261 e. The molecule has 0 aliphatic carbocycles. The molecule has 1 unspecified atom stereocenters. The fourth-order valence-corrected chi connectivity index (χ4v) is 7.03. The zero-order chi connectivity index (χ0) is 28.7. The third-order valence-corrected chi connectivity index (χ3v) is 9.63. The van der Waals surface area contributed by atoms with E-state index < -0.39 is 0 Å². The third kappa shape index (κ3) is 4.80. The molecule has 0 fully saturated rings. The fraction of sp³-hybridized carbons (Fsp3) is 0.448. The molecular weight excluding hydrogens is 557 g/mol. The van der Waals surface area contributed by atoms with Crippen LogP contribution in [-0.2, 0) is 11.3 Å². The second-order valence-corrected chi connectivity index (χ2v) is 12.3. The molecule has 0 saturated heterocycles. The summed E-state index contributed by atoms with van der Waals surface area (Å²) in [5, 5.41) is 0. The van der Waals surface area contributed by atoms with Crippen LogP contribution in [0.2, 0.25) is 0 Å². The number of quaternary nitrogens is 1. The Morgan fingerprint density at radius 1 is 1.17 bits per heavy atom. The Morgan fingerprint density at radius 2 is 2.02 bits per heavy atom. The number of ether oxygens (including phenoxy) is 1. The molecule has 0 aromatic carbocycles. The van der Waals surface area contributed by atoms with Gasteiger partial charge in [0.05, 0.1) is 19.5 Å². The number of aromatic nitrogens is 4. The molecule has 3 aliphatic rings. The summed E-state index contributed by atoms with van der Waals surface area (Å²) in [5.41, 5.74) is 8.18. The van der Waals surface area contributed by atoms with Crippen LogP contribution in [0.5, 0.6) is 5.88 Å². The van der Waals surface area contributed by atoms with Crippen LogP contribution >= 0.6 is 23.5 Å². The smallest absolute Gasteiger partial charge is 0.261 e. The van der Waals surface area contributed by atoms with Crippen molar-refractivity contribution < 1.29 is 14.2 Å². The minimum atomic E-state index is 0.152. The number of hydrogen-bond acceptors (Lipinski definition) is 10. The van der Waals surface area contributed by atoms with Gasteiger partial charge in [-0.25, -0.2) is 19.9 Å². The molecule has 3 aromatic heterocycles. The molecular formula is C29H37N8O2S2+. The topological polar surface area (TPSA) is 80.4 Å². The number of thioether (sulfide) groups is 2. The van der Waals surface area contributed by atoms with Crippen molar-refractivity contribution in [2.24, 2.45) is 4.99 Å². The van der Waals surface area contributed by atoms with Crippen LogP contribution in [0.15, 0.2) is 57.6 Å². The van der Waals surface area contributed by atoms with Crippen molar-refractivity contribution in [2.45, 2.75) is 33.6 Å². The first-order valence-corrected chi connectivity index (χ1v) is 16.5. The van der Waals surface area contributed by atoms with E-state index in [2.05, 4.69) is 54.3 Å². The van der Waals surface area contributed by atoms with Crippen LogP contribution in [0.3, 0.4) is 0 Å². The van der Waals surface area contributed by atoms with Gasteiger partial charge in [-0.15, -0.1) is 16.4 Å². The highest BCUT2D eigenvalue weighted by Crippen LogP contribution is 2.41. The molecule has 3 aromatic rings. The van der Waals surface area contributed by atoms with E-state index >= 15 is 0 Å². The standard InChI is InChI=1S/C29H37N8O2S2/c1-7-34-14-20(3)26(41-6)25-29(34)36-17-37(38-4,15-21(36)12-31-25)18-39-28-23-13-30-16-35(23)27-24(33-28)22(9-8-10-40-5)19(2)11-32-27/h11-13,15-16H,7-10,14,17-18H2,1-6H3/q+1. The normalized spacial score (nSPS) is 20.4. The second-order valence-electron chi connectivity index (χ2n) is 10.5. The van der Waals surface area contributed by atoms with Crippen LogP contribution in [0.4, 0.5) is 0 Å². The van der Waals surface area contributed by atoms with Gasteiger partial charge in [0.25, 0.3) is 6.73 Å². The minimum absolute atomic E-state index is 0.152. The number of hydroxylamine groups is 3. The molecule has 6 rings (SSSR count). The summed E-state index contributed by atoms with van der Waals surface area (Å²) in [6.45, 7) is 9.09. The van der Waals surface area contributed by atoms with E-state index in [0.717, 1.165) is 71.1 Å². The van der Waals surface area contributed by atoms with Crippen LogP contribution in [0.25, 0.3) is 16.7 Å². The lowest BCUT2D eigenvalue weighted by atomic mass is 10.1. The Kier molecular flexibility index (Phi) is 7.75. The first-order valence-electron chi connectivity index (χ1n) is 13.9. The summed E-state index contributed by atoms with van der Waals surface area (Å²) in [6, 6.07) is 0. The maximum absolute atomic E-state index is 6.52. The quantitative estimate of drug-likeness (QED) is 0.240. The van der Waals surface area contributed by atoms with Gasteiger partial charge in [-0.3, -0.25) is 9.30 Å². The Hall–Kier alpha value is -3.06. The molecule has 10 nitrogen and oxygen atoms in total.